The van der Waals surface area contributed by atoms with Crippen molar-refractivity contribution >= 4 is 28.8 Å². The summed E-state index contributed by atoms with van der Waals surface area (Å²) in [5, 5.41) is 7.25. The molecule has 0 amide bonds. The van der Waals surface area contributed by atoms with E-state index in [2.05, 4.69) is 26.9 Å². The largest absolute Gasteiger partial charge is 0.382 e. The van der Waals surface area contributed by atoms with E-state index >= 15 is 0 Å². The van der Waals surface area contributed by atoms with Crippen LogP contribution in [0.25, 0.3) is 11.3 Å². The lowest BCUT2D eigenvalue weighted by molar-refractivity contribution is 0.362. The molecule has 6 nitrogen and oxygen atoms in total. The summed E-state index contributed by atoms with van der Waals surface area (Å²) < 4.78 is 28.7. The smallest absolute Gasteiger partial charge is 0.166 e. The lowest BCUT2D eigenvalue weighted by Crippen LogP contribution is -2.24. The zero-order chi connectivity index (χ0) is 20.4. The van der Waals surface area contributed by atoms with Gasteiger partial charge in [-0.2, -0.15) is 5.10 Å². The molecule has 0 saturated carbocycles. The van der Waals surface area contributed by atoms with E-state index in [0.29, 0.717) is 16.9 Å². The van der Waals surface area contributed by atoms with E-state index in [-0.39, 0.29) is 24.3 Å². The van der Waals surface area contributed by atoms with Gasteiger partial charge in [0.2, 0.25) is 0 Å². The summed E-state index contributed by atoms with van der Waals surface area (Å²) in [5.74, 6) is 0.340. The highest BCUT2D eigenvalue weighted by Gasteiger charge is 2.28. The van der Waals surface area contributed by atoms with Crippen LogP contribution in [0, 0.1) is 5.82 Å². The Morgan fingerprint density at radius 3 is 3.03 bits per heavy atom. The molecule has 0 radical (unpaired) electrons. The van der Waals surface area contributed by atoms with Crippen LogP contribution in [0.15, 0.2) is 43.5 Å². The number of pyridine rings is 1. The van der Waals surface area contributed by atoms with Gasteiger partial charge >= 0.3 is 0 Å². The highest BCUT2D eigenvalue weighted by Crippen LogP contribution is 2.35. The van der Waals surface area contributed by atoms with Gasteiger partial charge in [0.15, 0.2) is 5.65 Å². The van der Waals surface area contributed by atoms with Crippen molar-refractivity contribution in [2.75, 3.05) is 23.9 Å². The maximum absolute atomic E-state index is 13.7. The molecule has 1 aliphatic heterocycles. The average Bonchev–Trinajstić information content (AvgIpc) is 3.38. The number of nitrogens with zero attached hydrogens (tertiary/aromatic N) is 5. The van der Waals surface area contributed by atoms with Crippen LogP contribution >= 0.6 is 11.6 Å². The number of aromatic nitrogens is 4. The quantitative estimate of drug-likeness (QED) is 0.592. The molecule has 1 unspecified atom stereocenters. The Morgan fingerprint density at radius 2 is 2.24 bits per heavy atom. The Balaban J connectivity index is 1.62. The van der Waals surface area contributed by atoms with E-state index in [1.165, 1.54) is 12.3 Å². The maximum atomic E-state index is 13.7. The van der Waals surface area contributed by atoms with Gasteiger partial charge < -0.3 is 10.2 Å². The van der Waals surface area contributed by atoms with Crippen LogP contribution < -0.4 is 10.2 Å². The first-order chi connectivity index (χ1) is 14.1. The number of halogens is 3. The molecule has 0 bridgehead atoms. The summed E-state index contributed by atoms with van der Waals surface area (Å²) in [6.45, 7) is 4.86. The Kier molecular flexibility index (Phi) is 5.62. The van der Waals surface area contributed by atoms with Crippen molar-refractivity contribution in [3.8, 4) is 0 Å². The summed E-state index contributed by atoms with van der Waals surface area (Å²) in [4.78, 5) is 10.9. The highest BCUT2D eigenvalue weighted by molar-refractivity contribution is 6.18. The summed E-state index contributed by atoms with van der Waals surface area (Å²) in [7, 11) is 0. The van der Waals surface area contributed by atoms with Crippen LogP contribution in [0.4, 0.5) is 14.6 Å². The predicted octanol–water partition coefficient (Wildman–Crippen LogP) is 3.74. The Hall–Kier alpha value is -2.74. The molecule has 4 rings (SSSR count). The van der Waals surface area contributed by atoms with E-state index < -0.39 is 6.17 Å². The zero-order valence-corrected chi connectivity index (χ0v) is 16.5. The van der Waals surface area contributed by atoms with Crippen molar-refractivity contribution in [2.45, 2.75) is 25.1 Å². The van der Waals surface area contributed by atoms with Crippen molar-refractivity contribution < 1.29 is 8.78 Å². The molecule has 1 fully saturated rings. The molecule has 152 valence electrons. The number of rotatable bonds is 7. The van der Waals surface area contributed by atoms with E-state index in [0.717, 1.165) is 30.8 Å². The fraction of sp³-hybridized carbons (Fsp3) is 0.350. The third kappa shape index (κ3) is 4.03. The number of hydrogen-bond donors (Lipinski definition) is 1. The van der Waals surface area contributed by atoms with Gasteiger partial charge in [-0.25, -0.2) is 18.3 Å². The lowest BCUT2D eigenvalue weighted by atomic mass is 10.1. The normalized spacial score (nSPS) is 17.6. The summed E-state index contributed by atoms with van der Waals surface area (Å²) in [6.07, 6.45) is 7.09. The first-order valence-electron chi connectivity index (χ1n) is 9.41. The van der Waals surface area contributed by atoms with Crippen LogP contribution in [-0.4, -0.2) is 44.7 Å². The molecule has 3 aromatic rings. The van der Waals surface area contributed by atoms with Gasteiger partial charge in [-0.1, -0.05) is 6.58 Å². The van der Waals surface area contributed by atoms with Crippen LogP contribution in [0.1, 0.15) is 30.0 Å². The van der Waals surface area contributed by atoms with E-state index in [9.17, 15) is 8.78 Å². The van der Waals surface area contributed by atoms with Crippen LogP contribution in [0.3, 0.4) is 0 Å². The molecular formula is C20H21ClF2N6. The second-order valence-electron chi connectivity index (χ2n) is 7.01. The number of anilines is 1. The molecule has 1 N–H and O–H groups in total. The Labute approximate surface area is 172 Å². The standard InChI is InChI=1S/C20H21ClF2N6/c1-13(25-11-16(23)8-21)17-12-26-29-6-4-19(27-20(17)29)28-5-2-3-18(28)14-7-15(22)10-24-9-14/h4,6-7,9-10,12,16,18,25H,1-3,5,8,11H2/t16?,18-/m1/s1. The fourth-order valence-electron chi connectivity index (χ4n) is 3.61. The van der Waals surface area contributed by atoms with Crippen molar-refractivity contribution in [1.82, 2.24) is 24.9 Å². The SMILES string of the molecule is C=C(NCC(F)CCl)c1cnn2ccc(N3CCC[C@@H]3c3cncc(F)c3)nc12. The minimum Gasteiger partial charge on any atom is -0.382 e. The van der Waals surface area contributed by atoms with E-state index in [4.69, 9.17) is 16.6 Å². The molecule has 1 aliphatic rings. The summed E-state index contributed by atoms with van der Waals surface area (Å²) >= 11 is 5.52. The first-order valence-corrected chi connectivity index (χ1v) is 9.95. The highest BCUT2D eigenvalue weighted by atomic mass is 35.5. The zero-order valence-electron chi connectivity index (χ0n) is 15.7. The summed E-state index contributed by atoms with van der Waals surface area (Å²) in [5.41, 5.74) is 2.67. The van der Waals surface area contributed by atoms with Gasteiger partial charge in [-0.3, -0.25) is 4.98 Å². The van der Waals surface area contributed by atoms with Gasteiger partial charge in [0, 0.05) is 31.2 Å². The molecule has 0 aromatic carbocycles. The topological polar surface area (TPSA) is 58.4 Å². The number of fused-ring (bicyclic) bond motifs is 1. The van der Waals surface area contributed by atoms with Crippen molar-refractivity contribution in [1.29, 1.82) is 0 Å². The fourth-order valence-corrected chi connectivity index (χ4v) is 3.72. The number of hydrogen-bond acceptors (Lipinski definition) is 5. The molecule has 1 saturated heterocycles. The van der Waals surface area contributed by atoms with Crippen molar-refractivity contribution in [3.63, 3.8) is 0 Å². The molecule has 4 heterocycles. The van der Waals surface area contributed by atoms with Crippen LogP contribution in [-0.2, 0) is 0 Å². The lowest BCUT2D eigenvalue weighted by Gasteiger charge is -2.26. The molecule has 9 heteroatoms. The van der Waals surface area contributed by atoms with Crippen molar-refractivity contribution in [2.24, 2.45) is 0 Å². The molecule has 0 spiro atoms. The summed E-state index contributed by atoms with van der Waals surface area (Å²) in [6, 6.07) is 3.42. The molecule has 3 aromatic heterocycles. The third-order valence-electron chi connectivity index (χ3n) is 5.04. The van der Waals surface area contributed by atoms with Gasteiger partial charge in [-0.05, 0) is 30.5 Å². The Bertz CT molecular complexity index is 1020. The van der Waals surface area contributed by atoms with Gasteiger partial charge in [0.1, 0.15) is 17.8 Å². The van der Waals surface area contributed by atoms with Gasteiger partial charge in [0.05, 0.1) is 29.9 Å². The average molecular weight is 419 g/mol. The second-order valence-corrected chi connectivity index (χ2v) is 7.32. The molecule has 29 heavy (non-hydrogen) atoms. The monoisotopic (exact) mass is 418 g/mol. The Morgan fingerprint density at radius 1 is 1.38 bits per heavy atom. The second kappa shape index (κ2) is 8.32. The van der Waals surface area contributed by atoms with Crippen LogP contribution in [0.5, 0.6) is 0 Å². The maximum Gasteiger partial charge on any atom is 0.166 e. The molecular weight excluding hydrogens is 398 g/mol. The predicted molar refractivity (Wildman–Crippen MR) is 109 cm³/mol. The van der Waals surface area contributed by atoms with Crippen molar-refractivity contribution in [3.05, 3.63) is 60.4 Å². The van der Waals surface area contributed by atoms with Gasteiger partial charge in [0.25, 0.3) is 0 Å². The van der Waals surface area contributed by atoms with Gasteiger partial charge in [-0.15, -0.1) is 11.6 Å². The number of nitrogens with one attached hydrogen (secondary N) is 1. The third-order valence-corrected chi connectivity index (χ3v) is 5.38. The molecule has 2 atom stereocenters. The minimum absolute atomic E-state index is 0.0110. The first kappa shape index (κ1) is 19.6. The van der Waals surface area contributed by atoms with Crippen LogP contribution in [0.2, 0.25) is 0 Å². The molecule has 0 aliphatic carbocycles. The van der Waals surface area contributed by atoms with E-state index in [1.54, 1.807) is 16.9 Å². The number of alkyl halides is 2. The minimum atomic E-state index is -1.16. The van der Waals surface area contributed by atoms with E-state index in [1.807, 2.05) is 12.3 Å².